The summed E-state index contributed by atoms with van der Waals surface area (Å²) in [6, 6.07) is 12.1. The van der Waals surface area contributed by atoms with Crippen LogP contribution >= 0.6 is 0 Å². The van der Waals surface area contributed by atoms with Gasteiger partial charge in [-0.1, -0.05) is 42.5 Å². The maximum atomic E-state index is 8.67. The summed E-state index contributed by atoms with van der Waals surface area (Å²) in [4.78, 5) is 4.09. The second kappa shape index (κ2) is 5.24. The molecule has 0 atom stereocenters. The van der Waals surface area contributed by atoms with E-state index in [-0.39, 0.29) is 6.61 Å². The van der Waals surface area contributed by atoms with Gasteiger partial charge in [0, 0.05) is 12.4 Å². The van der Waals surface area contributed by atoms with Gasteiger partial charge in [0.2, 0.25) is 0 Å². The number of rotatable bonds is 3. The zero-order valence-electron chi connectivity index (χ0n) is 8.88. The second-order valence-electron chi connectivity index (χ2n) is 3.45. The lowest BCUT2D eigenvalue weighted by atomic mass is 10.1. The highest BCUT2D eigenvalue weighted by Gasteiger charge is 1.95. The van der Waals surface area contributed by atoms with Gasteiger partial charge in [-0.2, -0.15) is 0 Å². The number of pyridine rings is 1. The number of aromatic nitrogens is 1. The first-order valence-electron chi connectivity index (χ1n) is 5.18. The molecular weight excluding hydrogens is 198 g/mol. The quantitative estimate of drug-likeness (QED) is 0.846. The first-order valence-corrected chi connectivity index (χ1v) is 5.18. The SMILES string of the molecule is OC/C=C/c1ccc(-c2cccnc2)cc1. The fourth-order valence-electron chi connectivity index (χ4n) is 1.51. The summed E-state index contributed by atoms with van der Waals surface area (Å²) in [5, 5.41) is 8.67. The highest BCUT2D eigenvalue weighted by Crippen LogP contribution is 2.18. The van der Waals surface area contributed by atoms with Crippen molar-refractivity contribution in [3.63, 3.8) is 0 Å². The summed E-state index contributed by atoms with van der Waals surface area (Å²) in [5.74, 6) is 0. The minimum absolute atomic E-state index is 0.0738. The molecule has 2 nitrogen and oxygen atoms in total. The van der Waals surface area contributed by atoms with Crippen LogP contribution in [0.3, 0.4) is 0 Å². The molecule has 0 aliphatic carbocycles. The second-order valence-corrected chi connectivity index (χ2v) is 3.45. The van der Waals surface area contributed by atoms with Gasteiger partial charge >= 0.3 is 0 Å². The Hall–Kier alpha value is -1.93. The molecule has 2 heteroatoms. The van der Waals surface area contributed by atoms with Crippen molar-refractivity contribution >= 4 is 6.08 Å². The van der Waals surface area contributed by atoms with E-state index in [2.05, 4.69) is 4.98 Å². The maximum Gasteiger partial charge on any atom is 0.0615 e. The minimum Gasteiger partial charge on any atom is -0.392 e. The average molecular weight is 211 g/mol. The first kappa shape index (κ1) is 10.6. The molecule has 0 fully saturated rings. The Labute approximate surface area is 94.9 Å². The molecule has 0 aliphatic rings. The maximum absolute atomic E-state index is 8.67. The Balaban J connectivity index is 2.23. The van der Waals surface area contributed by atoms with Crippen molar-refractivity contribution in [2.24, 2.45) is 0 Å². The van der Waals surface area contributed by atoms with Gasteiger partial charge in [0.1, 0.15) is 0 Å². The fraction of sp³-hybridized carbons (Fsp3) is 0.0714. The smallest absolute Gasteiger partial charge is 0.0615 e. The van der Waals surface area contributed by atoms with Crippen LogP contribution < -0.4 is 0 Å². The van der Waals surface area contributed by atoms with Gasteiger partial charge in [0.05, 0.1) is 6.61 Å². The van der Waals surface area contributed by atoms with Crippen molar-refractivity contribution in [1.82, 2.24) is 4.98 Å². The molecule has 0 saturated heterocycles. The third kappa shape index (κ3) is 2.55. The summed E-state index contributed by atoms with van der Waals surface area (Å²) in [6.07, 6.45) is 7.23. The molecule has 0 saturated carbocycles. The average Bonchev–Trinajstić information content (AvgIpc) is 2.38. The zero-order chi connectivity index (χ0) is 11.2. The Morgan fingerprint density at radius 1 is 1.06 bits per heavy atom. The Morgan fingerprint density at radius 2 is 1.88 bits per heavy atom. The van der Waals surface area contributed by atoms with Crippen molar-refractivity contribution in [2.75, 3.05) is 6.61 Å². The van der Waals surface area contributed by atoms with Gasteiger partial charge in [0.15, 0.2) is 0 Å². The molecule has 1 aromatic carbocycles. The van der Waals surface area contributed by atoms with Gasteiger partial charge in [-0.05, 0) is 22.8 Å². The molecule has 1 heterocycles. The first-order chi connectivity index (χ1) is 7.90. The highest BCUT2D eigenvalue weighted by atomic mass is 16.2. The fourth-order valence-corrected chi connectivity index (χ4v) is 1.51. The third-order valence-corrected chi connectivity index (χ3v) is 2.32. The number of nitrogens with zero attached hydrogens (tertiary/aromatic N) is 1. The zero-order valence-corrected chi connectivity index (χ0v) is 8.88. The Morgan fingerprint density at radius 3 is 2.50 bits per heavy atom. The number of aliphatic hydroxyl groups excluding tert-OH is 1. The van der Waals surface area contributed by atoms with Crippen LogP contribution in [-0.4, -0.2) is 16.7 Å². The van der Waals surface area contributed by atoms with E-state index in [1.165, 1.54) is 0 Å². The summed E-state index contributed by atoms with van der Waals surface area (Å²) in [6.45, 7) is 0.0738. The minimum atomic E-state index is 0.0738. The largest absolute Gasteiger partial charge is 0.392 e. The molecule has 80 valence electrons. The molecule has 16 heavy (non-hydrogen) atoms. The molecule has 0 spiro atoms. The van der Waals surface area contributed by atoms with Crippen LogP contribution in [0.1, 0.15) is 5.56 Å². The molecule has 0 radical (unpaired) electrons. The van der Waals surface area contributed by atoms with Gasteiger partial charge < -0.3 is 5.11 Å². The van der Waals surface area contributed by atoms with Gasteiger partial charge in [-0.3, -0.25) is 4.98 Å². The molecule has 1 N–H and O–H groups in total. The normalized spacial score (nSPS) is 10.8. The van der Waals surface area contributed by atoms with Crippen molar-refractivity contribution in [1.29, 1.82) is 0 Å². The lowest BCUT2D eigenvalue weighted by molar-refractivity contribution is 0.343. The van der Waals surface area contributed by atoms with E-state index in [4.69, 9.17) is 5.11 Å². The monoisotopic (exact) mass is 211 g/mol. The van der Waals surface area contributed by atoms with Crippen LogP contribution in [0.5, 0.6) is 0 Å². The number of hydrogen-bond donors (Lipinski definition) is 1. The van der Waals surface area contributed by atoms with Crippen molar-refractivity contribution < 1.29 is 5.11 Å². The van der Waals surface area contributed by atoms with Crippen molar-refractivity contribution in [2.45, 2.75) is 0 Å². The van der Waals surface area contributed by atoms with Crippen LogP contribution in [0.25, 0.3) is 17.2 Å². The molecular formula is C14H13NO. The van der Waals surface area contributed by atoms with E-state index in [1.807, 2.05) is 48.7 Å². The molecule has 0 aliphatic heterocycles. The van der Waals surface area contributed by atoms with Gasteiger partial charge in [0.25, 0.3) is 0 Å². The van der Waals surface area contributed by atoms with E-state index in [1.54, 1.807) is 12.3 Å². The van der Waals surface area contributed by atoms with E-state index < -0.39 is 0 Å². The summed E-state index contributed by atoms with van der Waals surface area (Å²) in [5.41, 5.74) is 3.34. The third-order valence-electron chi connectivity index (χ3n) is 2.32. The number of benzene rings is 1. The van der Waals surface area contributed by atoms with Crippen LogP contribution in [0.2, 0.25) is 0 Å². The molecule has 2 rings (SSSR count). The predicted octanol–water partition coefficient (Wildman–Crippen LogP) is 2.75. The van der Waals surface area contributed by atoms with Gasteiger partial charge in [-0.15, -0.1) is 0 Å². The van der Waals surface area contributed by atoms with Crippen molar-refractivity contribution in [3.8, 4) is 11.1 Å². The summed E-state index contributed by atoms with van der Waals surface area (Å²) in [7, 11) is 0. The van der Waals surface area contributed by atoms with E-state index in [0.29, 0.717) is 0 Å². The molecule has 0 bridgehead atoms. The molecule has 0 amide bonds. The highest BCUT2D eigenvalue weighted by molar-refractivity contribution is 5.64. The van der Waals surface area contributed by atoms with Crippen LogP contribution in [-0.2, 0) is 0 Å². The van der Waals surface area contributed by atoms with E-state index in [0.717, 1.165) is 16.7 Å². The van der Waals surface area contributed by atoms with E-state index >= 15 is 0 Å². The standard InChI is InChI=1S/C14H13NO/c16-10-2-3-12-5-7-13(8-6-12)14-4-1-9-15-11-14/h1-9,11,16H,10H2/b3-2+. The van der Waals surface area contributed by atoms with E-state index in [9.17, 15) is 0 Å². The molecule has 1 aromatic heterocycles. The molecule has 2 aromatic rings. The lowest BCUT2D eigenvalue weighted by Gasteiger charge is -2.01. The van der Waals surface area contributed by atoms with Crippen LogP contribution in [0, 0.1) is 0 Å². The van der Waals surface area contributed by atoms with Crippen LogP contribution in [0.15, 0.2) is 54.9 Å². The van der Waals surface area contributed by atoms with Gasteiger partial charge in [-0.25, -0.2) is 0 Å². The summed E-state index contributed by atoms with van der Waals surface area (Å²) < 4.78 is 0. The number of aliphatic hydroxyl groups is 1. The topological polar surface area (TPSA) is 33.1 Å². The van der Waals surface area contributed by atoms with Crippen molar-refractivity contribution in [3.05, 3.63) is 60.4 Å². The number of hydrogen-bond acceptors (Lipinski definition) is 2. The van der Waals surface area contributed by atoms with Crippen LogP contribution in [0.4, 0.5) is 0 Å². The Bertz CT molecular complexity index is 460. The molecule has 0 unspecified atom stereocenters. The predicted molar refractivity (Wildman–Crippen MR) is 65.8 cm³/mol. The Kier molecular flexibility index (Phi) is 3.46. The lowest BCUT2D eigenvalue weighted by Crippen LogP contribution is -1.80. The summed E-state index contributed by atoms with van der Waals surface area (Å²) >= 11 is 0.